The van der Waals surface area contributed by atoms with E-state index in [1.165, 1.54) is 25.7 Å². The second-order valence-corrected chi connectivity index (χ2v) is 9.05. The second kappa shape index (κ2) is 7.65. The topological polar surface area (TPSA) is 26.7 Å². The summed E-state index contributed by atoms with van der Waals surface area (Å²) in [5.41, 5.74) is 1.42. The standard InChI is InChI=1S/C22H28N2OS/c1-23(2)11-16-10-17(15-25)13-24(12-16)14-18-6-5-8-20-19-7-3-4-9-21(19)26-22(18)20/h3-9,16-17,25H,10-15H2,1-2H3/t16-,17+/m1/s1. The van der Waals surface area contributed by atoms with Gasteiger partial charge in [0.05, 0.1) is 0 Å². The molecular weight excluding hydrogens is 340 g/mol. The highest BCUT2D eigenvalue weighted by Gasteiger charge is 2.27. The summed E-state index contributed by atoms with van der Waals surface area (Å²) in [6.45, 7) is 4.50. The Kier molecular flexibility index (Phi) is 5.28. The van der Waals surface area contributed by atoms with E-state index < -0.39 is 0 Å². The number of aliphatic hydroxyl groups is 1. The van der Waals surface area contributed by atoms with Crippen molar-refractivity contribution in [2.24, 2.45) is 11.8 Å². The quantitative estimate of drug-likeness (QED) is 0.736. The first-order valence-electron chi connectivity index (χ1n) is 9.51. The molecule has 0 saturated carbocycles. The highest BCUT2D eigenvalue weighted by atomic mass is 32.1. The van der Waals surface area contributed by atoms with Gasteiger partial charge in [-0.25, -0.2) is 0 Å². The van der Waals surface area contributed by atoms with Crippen LogP contribution in [0.3, 0.4) is 0 Å². The normalized spacial score (nSPS) is 21.8. The van der Waals surface area contributed by atoms with Gasteiger partial charge in [0.15, 0.2) is 0 Å². The number of hydrogen-bond donors (Lipinski definition) is 1. The van der Waals surface area contributed by atoms with Crippen LogP contribution in [0.1, 0.15) is 12.0 Å². The van der Waals surface area contributed by atoms with Crippen molar-refractivity contribution in [2.75, 3.05) is 40.3 Å². The molecule has 1 N–H and O–H groups in total. The lowest BCUT2D eigenvalue weighted by Gasteiger charge is -2.38. The van der Waals surface area contributed by atoms with E-state index in [1.54, 1.807) is 0 Å². The number of rotatable bonds is 5. The van der Waals surface area contributed by atoms with E-state index in [0.717, 1.165) is 32.6 Å². The van der Waals surface area contributed by atoms with Crippen molar-refractivity contribution in [2.45, 2.75) is 13.0 Å². The van der Waals surface area contributed by atoms with Gasteiger partial charge in [-0.1, -0.05) is 36.4 Å². The van der Waals surface area contributed by atoms with Gasteiger partial charge >= 0.3 is 0 Å². The first-order valence-corrected chi connectivity index (χ1v) is 10.3. The van der Waals surface area contributed by atoms with Crippen LogP contribution in [0.2, 0.25) is 0 Å². The number of fused-ring (bicyclic) bond motifs is 3. The summed E-state index contributed by atoms with van der Waals surface area (Å²) in [5, 5.41) is 12.5. The first-order chi connectivity index (χ1) is 12.6. The number of aliphatic hydroxyl groups excluding tert-OH is 1. The zero-order valence-electron chi connectivity index (χ0n) is 15.7. The molecule has 1 aliphatic heterocycles. The predicted octanol–water partition coefficient (Wildman–Crippen LogP) is 4.05. The van der Waals surface area contributed by atoms with Crippen molar-refractivity contribution >= 4 is 31.5 Å². The maximum absolute atomic E-state index is 9.76. The molecule has 0 amide bonds. The molecule has 0 bridgehead atoms. The highest BCUT2D eigenvalue weighted by molar-refractivity contribution is 7.26. The summed E-state index contributed by atoms with van der Waals surface area (Å²) < 4.78 is 2.79. The summed E-state index contributed by atoms with van der Waals surface area (Å²) in [7, 11) is 4.29. The van der Waals surface area contributed by atoms with Crippen LogP contribution in [0.4, 0.5) is 0 Å². The molecule has 4 heteroatoms. The van der Waals surface area contributed by atoms with Gasteiger partial charge < -0.3 is 10.0 Å². The SMILES string of the molecule is CN(C)C[C@H]1C[C@H](CO)CN(Cc2cccc3c2sc2ccccc23)C1. The Labute approximate surface area is 159 Å². The van der Waals surface area contributed by atoms with E-state index in [9.17, 15) is 5.11 Å². The van der Waals surface area contributed by atoms with E-state index in [2.05, 4.69) is 66.4 Å². The Hall–Kier alpha value is -1.46. The zero-order valence-corrected chi connectivity index (χ0v) is 16.5. The largest absolute Gasteiger partial charge is 0.396 e. The third-order valence-electron chi connectivity index (χ3n) is 5.46. The first kappa shape index (κ1) is 17.9. The minimum absolute atomic E-state index is 0.299. The predicted molar refractivity (Wildman–Crippen MR) is 112 cm³/mol. The maximum Gasteiger partial charge on any atom is 0.0471 e. The Morgan fingerprint density at radius 3 is 2.62 bits per heavy atom. The Morgan fingerprint density at radius 2 is 1.81 bits per heavy atom. The average molecular weight is 369 g/mol. The van der Waals surface area contributed by atoms with E-state index in [0.29, 0.717) is 18.4 Å². The fraction of sp³-hybridized carbons (Fsp3) is 0.455. The van der Waals surface area contributed by atoms with Crippen LogP contribution in [-0.2, 0) is 6.54 Å². The summed E-state index contributed by atoms with van der Waals surface area (Å²) >= 11 is 1.91. The molecule has 0 aliphatic carbocycles. The van der Waals surface area contributed by atoms with Crippen LogP contribution in [0, 0.1) is 11.8 Å². The molecule has 1 aromatic heterocycles. The lowest BCUT2D eigenvalue weighted by Crippen LogP contribution is -2.44. The maximum atomic E-state index is 9.76. The van der Waals surface area contributed by atoms with Crippen molar-refractivity contribution in [3.05, 3.63) is 48.0 Å². The van der Waals surface area contributed by atoms with Crippen LogP contribution in [0.15, 0.2) is 42.5 Å². The summed E-state index contributed by atoms with van der Waals surface area (Å²) in [6, 6.07) is 15.4. The van der Waals surface area contributed by atoms with E-state index in [4.69, 9.17) is 0 Å². The minimum Gasteiger partial charge on any atom is -0.396 e. The number of likely N-dealkylation sites (tertiary alicyclic amines) is 1. The lowest BCUT2D eigenvalue weighted by atomic mass is 9.89. The van der Waals surface area contributed by atoms with Crippen LogP contribution >= 0.6 is 11.3 Å². The fourth-order valence-corrected chi connectivity index (χ4v) is 5.71. The molecule has 3 aromatic rings. The molecular formula is C22H28N2OS. The van der Waals surface area contributed by atoms with Gasteiger partial charge in [-0.15, -0.1) is 11.3 Å². The average Bonchev–Trinajstić information content (AvgIpc) is 3.01. The van der Waals surface area contributed by atoms with Crippen molar-refractivity contribution in [1.82, 2.24) is 9.80 Å². The molecule has 26 heavy (non-hydrogen) atoms. The molecule has 2 aromatic carbocycles. The molecule has 4 rings (SSSR count). The Balaban J connectivity index is 1.61. The number of hydrogen-bond acceptors (Lipinski definition) is 4. The summed E-state index contributed by atoms with van der Waals surface area (Å²) in [6.07, 6.45) is 1.14. The molecule has 0 unspecified atom stereocenters. The van der Waals surface area contributed by atoms with E-state index >= 15 is 0 Å². The molecule has 0 spiro atoms. The van der Waals surface area contributed by atoms with Gasteiger partial charge in [0.2, 0.25) is 0 Å². The van der Waals surface area contributed by atoms with Crippen LogP contribution in [0.5, 0.6) is 0 Å². The molecule has 2 heterocycles. The van der Waals surface area contributed by atoms with Gasteiger partial charge in [-0.2, -0.15) is 0 Å². The smallest absolute Gasteiger partial charge is 0.0471 e. The molecule has 1 fully saturated rings. The number of thiophene rings is 1. The third-order valence-corrected chi connectivity index (χ3v) is 6.72. The van der Waals surface area contributed by atoms with Gasteiger partial charge in [-0.05, 0) is 44.0 Å². The van der Waals surface area contributed by atoms with Crippen molar-refractivity contribution < 1.29 is 5.11 Å². The zero-order chi connectivity index (χ0) is 18.1. The molecule has 1 saturated heterocycles. The Bertz CT molecular complexity index is 888. The number of nitrogens with zero attached hydrogens (tertiary/aromatic N) is 2. The van der Waals surface area contributed by atoms with Crippen LogP contribution < -0.4 is 0 Å². The van der Waals surface area contributed by atoms with E-state index in [-0.39, 0.29) is 0 Å². The van der Waals surface area contributed by atoms with Gasteiger partial charge in [0, 0.05) is 53.0 Å². The fourth-order valence-electron chi connectivity index (χ4n) is 4.51. The molecule has 2 atom stereocenters. The third kappa shape index (κ3) is 3.65. The van der Waals surface area contributed by atoms with Crippen LogP contribution in [0.25, 0.3) is 20.2 Å². The second-order valence-electron chi connectivity index (χ2n) is 8.00. The molecule has 138 valence electrons. The minimum atomic E-state index is 0.299. The highest BCUT2D eigenvalue weighted by Crippen LogP contribution is 2.36. The molecule has 1 aliphatic rings. The van der Waals surface area contributed by atoms with Crippen molar-refractivity contribution in [3.8, 4) is 0 Å². The monoisotopic (exact) mass is 368 g/mol. The van der Waals surface area contributed by atoms with Crippen molar-refractivity contribution in [1.29, 1.82) is 0 Å². The van der Waals surface area contributed by atoms with Gasteiger partial charge in [0.25, 0.3) is 0 Å². The molecule has 0 radical (unpaired) electrons. The summed E-state index contributed by atoms with van der Waals surface area (Å²) in [4.78, 5) is 4.83. The Morgan fingerprint density at radius 1 is 1.04 bits per heavy atom. The molecule has 3 nitrogen and oxygen atoms in total. The summed E-state index contributed by atoms with van der Waals surface area (Å²) in [5.74, 6) is 1.04. The van der Waals surface area contributed by atoms with E-state index in [1.807, 2.05) is 11.3 Å². The lowest BCUT2D eigenvalue weighted by molar-refractivity contribution is 0.0695. The van der Waals surface area contributed by atoms with Crippen LogP contribution in [-0.4, -0.2) is 55.2 Å². The van der Waals surface area contributed by atoms with Gasteiger partial charge in [-0.3, -0.25) is 4.90 Å². The van der Waals surface area contributed by atoms with Crippen molar-refractivity contribution in [3.63, 3.8) is 0 Å². The number of benzene rings is 2. The number of piperidine rings is 1. The van der Waals surface area contributed by atoms with Gasteiger partial charge in [0.1, 0.15) is 0 Å².